The van der Waals surface area contributed by atoms with E-state index in [-0.39, 0.29) is 12.1 Å². The van der Waals surface area contributed by atoms with Crippen molar-refractivity contribution in [2.75, 3.05) is 39.4 Å². The number of carbonyl (C=O) groups excluding carboxylic acids is 1. The van der Waals surface area contributed by atoms with Gasteiger partial charge < -0.3 is 19.3 Å². The highest BCUT2D eigenvalue weighted by atomic mass is 16.6. The van der Waals surface area contributed by atoms with Crippen molar-refractivity contribution < 1.29 is 14.3 Å². The molecule has 2 aromatic rings. The van der Waals surface area contributed by atoms with Gasteiger partial charge >= 0.3 is 6.03 Å². The Morgan fingerprint density at radius 3 is 2.48 bits per heavy atom. The number of urea groups is 1. The molecule has 5 rings (SSSR count). The first-order valence-corrected chi connectivity index (χ1v) is 10.4. The molecule has 6 heteroatoms. The summed E-state index contributed by atoms with van der Waals surface area (Å²) in [4.78, 5) is 19.3. The van der Waals surface area contributed by atoms with Crippen LogP contribution in [0.3, 0.4) is 0 Å². The second kappa shape index (κ2) is 7.59. The minimum absolute atomic E-state index is 0.176. The van der Waals surface area contributed by atoms with Crippen LogP contribution < -0.4 is 9.47 Å². The van der Waals surface area contributed by atoms with Crippen LogP contribution in [0, 0.1) is 6.92 Å². The molecule has 0 radical (unpaired) electrons. The zero-order valence-electron chi connectivity index (χ0n) is 16.8. The van der Waals surface area contributed by atoms with Gasteiger partial charge in [-0.15, -0.1) is 0 Å². The Hall–Kier alpha value is -2.73. The van der Waals surface area contributed by atoms with E-state index in [0.717, 1.165) is 44.2 Å². The Kier molecular flexibility index (Phi) is 4.79. The fraction of sp³-hybridized carbons (Fsp3) is 0.435. The maximum atomic E-state index is 12.8. The molecule has 0 spiro atoms. The zero-order valence-corrected chi connectivity index (χ0v) is 16.8. The molecule has 0 bridgehead atoms. The number of piperazine rings is 1. The summed E-state index contributed by atoms with van der Waals surface area (Å²) in [6, 6.07) is 15.1. The van der Waals surface area contributed by atoms with Gasteiger partial charge in [-0.05, 0) is 30.2 Å². The molecule has 29 heavy (non-hydrogen) atoms. The molecular weight excluding hydrogens is 366 g/mol. The van der Waals surface area contributed by atoms with Crippen LogP contribution in [0.1, 0.15) is 16.7 Å². The van der Waals surface area contributed by atoms with Crippen LogP contribution in [0.25, 0.3) is 0 Å². The number of rotatable bonds is 4. The van der Waals surface area contributed by atoms with Gasteiger partial charge in [0, 0.05) is 39.3 Å². The highest BCUT2D eigenvalue weighted by Crippen LogP contribution is 2.31. The molecule has 6 nitrogen and oxygen atoms in total. The first-order chi connectivity index (χ1) is 14.2. The highest BCUT2D eigenvalue weighted by Gasteiger charge is 2.40. The summed E-state index contributed by atoms with van der Waals surface area (Å²) >= 11 is 0. The second-order valence-corrected chi connectivity index (χ2v) is 8.21. The van der Waals surface area contributed by atoms with E-state index in [1.807, 2.05) is 11.0 Å². The van der Waals surface area contributed by atoms with Gasteiger partial charge in [0.2, 0.25) is 0 Å². The number of amides is 2. The summed E-state index contributed by atoms with van der Waals surface area (Å²) in [5.74, 6) is 1.67. The molecule has 2 saturated heterocycles. The third-order valence-electron chi connectivity index (χ3n) is 6.02. The maximum absolute atomic E-state index is 12.8. The first kappa shape index (κ1) is 18.3. The van der Waals surface area contributed by atoms with Crippen molar-refractivity contribution in [3.05, 3.63) is 59.2 Å². The lowest BCUT2D eigenvalue weighted by molar-refractivity contribution is 0.116. The van der Waals surface area contributed by atoms with E-state index in [2.05, 4.69) is 53.1 Å². The molecule has 3 heterocycles. The number of fused-ring (bicyclic) bond motifs is 2. The molecule has 0 saturated carbocycles. The Bertz CT molecular complexity index is 899. The fourth-order valence-electron chi connectivity index (χ4n) is 4.48. The molecule has 1 atom stereocenters. The van der Waals surface area contributed by atoms with Crippen molar-refractivity contribution in [3.8, 4) is 11.5 Å². The molecular formula is C23H27N3O3. The number of carbonyl (C=O) groups is 1. The lowest BCUT2D eigenvalue weighted by atomic mass is 10.1. The third-order valence-corrected chi connectivity index (χ3v) is 6.02. The molecule has 0 N–H and O–H groups in total. The Morgan fingerprint density at radius 2 is 1.66 bits per heavy atom. The summed E-state index contributed by atoms with van der Waals surface area (Å²) in [5.41, 5.74) is 3.66. The maximum Gasteiger partial charge on any atom is 0.320 e. The van der Waals surface area contributed by atoms with Crippen molar-refractivity contribution in [1.82, 2.24) is 14.7 Å². The van der Waals surface area contributed by atoms with E-state index in [1.54, 1.807) is 0 Å². The lowest BCUT2D eigenvalue weighted by Crippen LogP contribution is -2.51. The number of benzene rings is 2. The molecule has 0 aliphatic carbocycles. The largest absolute Gasteiger partial charge is 0.486 e. The van der Waals surface area contributed by atoms with Crippen molar-refractivity contribution in [2.24, 2.45) is 0 Å². The van der Waals surface area contributed by atoms with Crippen molar-refractivity contribution in [3.63, 3.8) is 0 Å². The Labute approximate surface area is 171 Å². The Balaban J connectivity index is 1.22. The summed E-state index contributed by atoms with van der Waals surface area (Å²) in [7, 11) is 0. The average molecular weight is 393 g/mol. The predicted molar refractivity (Wildman–Crippen MR) is 110 cm³/mol. The van der Waals surface area contributed by atoms with E-state index in [9.17, 15) is 4.79 Å². The van der Waals surface area contributed by atoms with Crippen LogP contribution in [0.15, 0.2) is 42.5 Å². The normalized spacial score (nSPS) is 21.4. The molecule has 3 aliphatic rings. The van der Waals surface area contributed by atoms with E-state index in [1.165, 1.54) is 16.7 Å². The number of aryl methyl sites for hydroxylation is 1. The molecule has 3 aliphatic heterocycles. The van der Waals surface area contributed by atoms with Crippen molar-refractivity contribution in [1.29, 1.82) is 0 Å². The predicted octanol–water partition coefficient (Wildman–Crippen LogP) is 2.89. The Morgan fingerprint density at radius 1 is 0.897 bits per heavy atom. The first-order valence-electron chi connectivity index (χ1n) is 10.4. The van der Waals surface area contributed by atoms with Gasteiger partial charge in [0.05, 0.1) is 6.04 Å². The van der Waals surface area contributed by atoms with Gasteiger partial charge in [0.25, 0.3) is 0 Å². The van der Waals surface area contributed by atoms with Gasteiger partial charge in [-0.1, -0.05) is 35.9 Å². The minimum Gasteiger partial charge on any atom is -0.486 e. The van der Waals surface area contributed by atoms with E-state index in [4.69, 9.17) is 9.47 Å². The number of ether oxygens (including phenoxy) is 2. The number of hydrogen-bond donors (Lipinski definition) is 0. The van der Waals surface area contributed by atoms with E-state index < -0.39 is 0 Å². The monoisotopic (exact) mass is 393 g/mol. The minimum atomic E-state index is 0.176. The molecule has 2 amide bonds. The summed E-state index contributed by atoms with van der Waals surface area (Å²) in [6.45, 7) is 8.25. The van der Waals surface area contributed by atoms with Crippen LogP contribution in [0.4, 0.5) is 4.79 Å². The molecule has 0 unspecified atom stereocenters. The standard InChI is InChI=1S/C23H27N3O3/c1-17-2-4-18(5-3-17)14-25-16-20-15-24(8-9-26(20)23(25)27)13-19-6-7-21-22(12-19)29-11-10-28-21/h2-7,12,20H,8-11,13-16H2,1H3/t20-/m1/s1. The van der Waals surface area contributed by atoms with Crippen LogP contribution in [-0.4, -0.2) is 66.2 Å². The van der Waals surface area contributed by atoms with Crippen LogP contribution >= 0.6 is 0 Å². The highest BCUT2D eigenvalue weighted by molar-refractivity contribution is 5.77. The number of hydrogen-bond acceptors (Lipinski definition) is 4. The quantitative estimate of drug-likeness (QED) is 0.801. The van der Waals surface area contributed by atoms with Crippen LogP contribution in [-0.2, 0) is 13.1 Å². The van der Waals surface area contributed by atoms with Crippen LogP contribution in [0.5, 0.6) is 11.5 Å². The van der Waals surface area contributed by atoms with Gasteiger partial charge in [0.1, 0.15) is 13.2 Å². The number of nitrogens with zero attached hydrogens (tertiary/aromatic N) is 3. The average Bonchev–Trinajstić information content (AvgIpc) is 3.04. The molecule has 2 aromatic carbocycles. The second-order valence-electron chi connectivity index (χ2n) is 8.21. The van der Waals surface area contributed by atoms with Gasteiger partial charge in [-0.25, -0.2) is 4.79 Å². The van der Waals surface area contributed by atoms with E-state index in [0.29, 0.717) is 19.8 Å². The summed E-state index contributed by atoms with van der Waals surface area (Å²) in [5, 5.41) is 0. The van der Waals surface area contributed by atoms with Crippen LogP contribution in [0.2, 0.25) is 0 Å². The third kappa shape index (κ3) is 3.77. The van der Waals surface area contributed by atoms with Crippen molar-refractivity contribution in [2.45, 2.75) is 26.1 Å². The topological polar surface area (TPSA) is 45.2 Å². The van der Waals surface area contributed by atoms with Gasteiger partial charge in [-0.2, -0.15) is 0 Å². The summed E-state index contributed by atoms with van der Waals surface area (Å²) in [6.07, 6.45) is 0. The fourth-order valence-corrected chi connectivity index (χ4v) is 4.48. The molecule has 2 fully saturated rings. The molecule has 0 aromatic heterocycles. The lowest BCUT2D eigenvalue weighted by Gasteiger charge is -2.36. The van der Waals surface area contributed by atoms with E-state index >= 15 is 0 Å². The smallest absolute Gasteiger partial charge is 0.320 e. The summed E-state index contributed by atoms with van der Waals surface area (Å²) < 4.78 is 11.3. The van der Waals surface area contributed by atoms with Gasteiger partial charge in [0.15, 0.2) is 11.5 Å². The zero-order chi connectivity index (χ0) is 19.8. The SMILES string of the molecule is Cc1ccc(CN2C[C@H]3CN(Cc4ccc5c(c4)OCCO5)CCN3C2=O)cc1. The van der Waals surface area contributed by atoms with Crippen molar-refractivity contribution >= 4 is 6.03 Å². The van der Waals surface area contributed by atoms with Gasteiger partial charge in [-0.3, -0.25) is 4.90 Å². The molecule has 152 valence electrons.